The largest absolute Gasteiger partial charge is 0.399 e. The number of nitrogens with two attached hydrogens (primary N) is 1. The summed E-state index contributed by atoms with van der Waals surface area (Å²) >= 11 is 1.53. The van der Waals surface area contributed by atoms with E-state index in [1.165, 1.54) is 11.3 Å². The smallest absolute Gasteiger partial charge is 0.264 e. The molecule has 1 aromatic heterocycles. The summed E-state index contributed by atoms with van der Waals surface area (Å²) in [7, 11) is 0. The molecule has 1 amide bonds. The highest BCUT2D eigenvalue weighted by atomic mass is 32.1. The fourth-order valence-corrected chi connectivity index (χ4v) is 3.19. The maximum Gasteiger partial charge on any atom is 0.264 e. The number of nitrogens with zero attached hydrogens (tertiary/aromatic N) is 1. The third-order valence-electron chi connectivity index (χ3n) is 3.54. The van der Waals surface area contributed by atoms with E-state index in [0.29, 0.717) is 6.54 Å². The first-order valence-electron chi connectivity index (χ1n) is 7.24. The van der Waals surface area contributed by atoms with Gasteiger partial charge in [0.15, 0.2) is 0 Å². The molecule has 1 aromatic carbocycles. The third-order valence-corrected chi connectivity index (χ3v) is 4.48. The summed E-state index contributed by atoms with van der Waals surface area (Å²) in [6, 6.07) is 9.91. The average Bonchev–Trinajstić information content (AvgIpc) is 2.94. The van der Waals surface area contributed by atoms with Crippen LogP contribution in [0.5, 0.6) is 0 Å². The number of amides is 1. The molecule has 0 saturated heterocycles. The lowest BCUT2D eigenvalue weighted by molar-refractivity contribution is 0.0694. The molecule has 3 nitrogen and oxygen atoms in total. The minimum absolute atomic E-state index is 0.119. The molecule has 0 bridgehead atoms. The number of rotatable bonds is 5. The van der Waals surface area contributed by atoms with Gasteiger partial charge in [-0.05, 0) is 55.0 Å². The van der Waals surface area contributed by atoms with Crippen LogP contribution in [0.3, 0.4) is 0 Å². The molecular weight excluding hydrogens is 280 g/mol. The molecule has 0 spiro atoms. The molecule has 2 rings (SSSR count). The zero-order valence-electron chi connectivity index (χ0n) is 12.8. The molecule has 0 aliphatic heterocycles. The zero-order valence-corrected chi connectivity index (χ0v) is 13.6. The molecule has 0 unspecified atom stereocenters. The number of hydrogen-bond donors (Lipinski definition) is 1. The number of carbonyl (C=O) groups is 1. The first-order valence-corrected chi connectivity index (χ1v) is 8.12. The van der Waals surface area contributed by atoms with E-state index in [1.54, 1.807) is 0 Å². The molecule has 1 heterocycles. The van der Waals surface area contributed by atoms with Crippen LogP contribution in [-0.4, -0.2) is 16.8 Å². The van der Waals surface area contributed by atoms with Crippen molar-refractivity contribution in [2.45, 2.75) is 39.8 Å². The van der Waals surface area contributed by atoms with Gasteiger partial charge in [-0.1, -0.05) is 19.1 Å². The van der Waals surface area contributed by atoms with E-state index in [1.807, 2.05) is 40.6 Å². The van der Waals surface area contributed by atoms with Gasteiger partial charge >= 0.3 is 0 Å². The summed E-state index contributed by atoms with van der Waals surface area (Å²) in [6.45, 7) is 6.79. The number of anilines is 1. The summed E-state index contributed by atoms with van der Waals surface area (Å²) in [5, 5.41) is 1.99. The van der Waals surface area contributed by atoms with E-state index in [0.717, 1.165) is 28.1 Å². The number of thiophene rings is 1. The monoisotopic (exact) mass is 302 g/mol. The van der Waals surface area contributed by atoms with Crippen LogP contribution in [0.15, 0.2) is 35.7 Å². The molecule has 112 valence electrons. The maximum absolute atomic E-state index is 12.8. The van der Waals surface area contributed by atoms with Gasteiger partial charge in [-0.15, -0.1) is 11.3 Å². The van der Waals surface area contributed by atoms with Crippen molar-refractivity contribution in [2.24, 2.45) is 0 Å². The van der Waals surface area contributed by atoms with Crippen LogP contribution in [-0.2, 0) is 13.0 Å². The molecule has 0 radical (unpaired) electrons. The van der Waals surface area contributed by atoms with E-state index in [-0.39, 0.29) is 11.9 Å². The Morgan fingerprint density at radius 2 is 1.90 bits per heavy atom. The third kappa shape index (κ3) is 3.64. The van der Waals surface area contributed by atoms with Gasteiger partial charge in [0.05, 0.1) is 4.88 Å². The van der Waals surface area contributed by atoms with Gasteiger partial charge in [0, 0.05) is 18.3 Å². The Labute approximate surface area is 130 Å². The van der Waals surface area contributed by atoms with Crippen molar-refractivity contribution in [3.05, 3.63) is 51.7 Å². The van der Waals surface area contributed by atoms with Crippen molar-refractivity contribution >= 4 is 22.9 Å². The SMILES string of the molecule is CCc1ccsc1C(=O)N(Cc1ccc(N)cc1)C(C)C. The predicted octanol–water partition coefficient (Wildman–Crippen LogP) is 3.94. The van der Waals surface area contributed by atoms with Crippen LogP contribution in [0, 0.1) is 0 Å². The van der Waals surface area contributed by atoms with Crippen molar-refractivity contribution in [1.29, 1.82) is 0 Å². The summed E-state index contributed by atoms with van der Waals surface area (Å²) in [4.78, 5) is 15.6. The van der Waals surface area contributed by atoms with Crippen molar-refractivity contribution in [1.82, 2.24) is 4.90 Å². The second-order valence-corrected chi connectivity index (χ2v) is 6.31. The van der Waals surface area contributed by atoms with Gasteiger partial charge in [-0.3, -0.25) is 4.79 Å². The Hall–Kier alpha value is -1.81. The van der Waals surface area contributed by atoms with Crippen LogP contribution < -0.4 is 5.73 Å². The minimum atomic E-state index is 0.119. The van der Waals surface area contributed by atoms with Crippen molar-refractivity contribution in [3.63, 3.8) is 0 Å². The van der Waals surface area contributed by atoms with Crippen LogP contribution in [0.1, 0.15) is 41.6 Å². The van der Waals surface area contributed by atoms with Crippen molar-refractivity contribution < 1.29 is 4.79 Å². The first kappa shape index (κ1) is 15.6. The van der Waals surface area contributed by atoms with Gasteiger partial charge in [-0.2, -0.15) is 0 Å². The Morgan fingerprint density at radius 3 is 2.48 bits per heavy atom. The number of aryl methyl sites for hydroxylation is 1. The Morgan fingerprint density at radius 1 is 1.24 bits per heavy atom. The molecule has 0 aliphatic carbocycles. The minimum Gasteiger partial charge on any atom is -0.399 e. The lowest BCUT2D eigenvalue weighted by Crippen LogP contribution is -2.36. The van der Waals surface area contributed by atoms with Crippen molar-refractivity contribution in [2.75, 3.05) is 5.73 Å². The van der Waals surface area contributed by atoms with E-state index in [9.17, 15) is 4.79 Å². The summed E-state index contributed by atoms with van der Waals surface area (Å²) in [6.07, 6.45) is 0.887. The van der Waals surface area contributed by atoms with E-state index in [2.05, 4.69) is 20.8 Å². The molecule has 0 saturated carbocycles. The molecular formula is C17H22N2OS. The molecule has 0 atom stereocenters. The lowest BCUT2D eigenvalue weighted by atomic mass is 10.1. The van der Waals surface area contributed by atoms with Gasteiger partial charge in [-0.25, -0.2) is 0 Å². The van der Waals surface area contributed by atoms with E-state index < -0.39 is 0 Å². The van der Waals surface area contributed by atoms with Crippen molar-refractivity contribution in [3.8, 4) is 0 Å². The highest BCUT2D eigenvalue weighted by Gasteiger charge is 2.22. The Kier molecular flexibility index (Phi) is 5.02. The fourth-order valence-electron chi connectivity index (χ4n) is 2.24. The standard InChI is InChI=1S/C17H22N2OS/c1-4-14-9-10-21-16(14)17(20)19(12(2)3)11-13-5-7-15(18)8-6-13/h5-10,12H,4,11,18H2,1-3H3. The highest BCUT2D eigenvalue weighted by molar-refractivity contribution is 7.12. The average molecular weight is 302 g/mol. The topological polar surface area (TPSA) is 46.3 Å². The van der Waals surface area contributed by atoms with Crippen LogP contribution >= 0.6 is 11.3 Å². The second-order valence-electron chi connectivity index (χ2n) is 5.40. The first-order chi connectivity index (χ1) is 10.0. The van der Waals surface area contributed by atoms with Gasteiger partial charge in [0.25, 0.3) is 5.91 Å². The highest BCUT2D eigenvalue weighted by Crippen LogP contribution is 2.22. The second kappa shape index (κ2) is 6.76. The fraction of sp³-hybridized carbons (Fsp3) is 0.353. The number of hydrogen-bond acceptors (Lipinski definition) is 3. The quantitative estimate of drug-likeness (QED) is 0.850. The van der Waals surface area contributed by atoms with Crippen LogP contribution in [0.4, 0.5) is 5.69 Å². The molecule has 0 aliphatic rings. The number of benzene rings is 1. The van der Waals surface area contributed by atoms with Crippen LogP contribution in [0.25, 0.3) is 0 Å². The predicted molar refractivity (Wildman–Crippen MR) is 89.6 cm³/mol. The number of carbonyl (C=O) groups excluding carboxylic acids is 1. The van der Waals surface area contributed by atoms with Gasteiger partial charge < -0.3 is 10.6 Å². The number of nitrogen functional groups attached to an aromatic ring is 1. The maximum atomic E-state index is 12.8. The Balaban J connectivity index is 2.22. The Bertz CT molecular complexity index is 602. The lowest BCUT2D eigenvalue weighted by Gasteiger charge is -2.27. The molecule has 4 heteroatoms. The van der Waals surface area contributed by atoms with E-state index in [4.69, 9.17) is 5.73 Å². The van der Waals surface area contributed by atoms with Gasteiger partial charge in [0.1, 0.15) is 0 Å². The summed E-state index contributed by atoms with van der Waals surface area (Å²) in [5.41, 5.74) is 8.69. The van der Waals surface area contributed by atoms with Gasteiger partial charge in [0.2, 0.25) is 0 Å². The zero-order chi connectivity index (χ0) is 15.4. The van der Waals surface area contributed by atoms with Crippen LogP contribution in [0.2, 0.25) is 0 Å². The summed E-state index contributed by atoms with van der Waals surface area (Å²) in [5.74, 6) is 0.119. The molecule has 21 heavy (non-hydrogen) atoms. The molecule has 2 aromatic rings. The normalized spacial score (nSPS) is 10.9. The molecule has 0 fully saturated rings. The summed E-state index contributed by atoms with van der Waals surface area (Å²) < 4.78 is 0. The molecule has 2 N–H and O–H groups in total. The van der Waals surface area contributed by atoms with E-state index >= 15 is 0 Å².